The summed E-state index contributed by atoms with van der Waals surface area (Å²) >= 11 is 7.64. The number of nitrogens with zero attached hydrogens (tertiary/aromatic N) is 3. The van der Waals surface area contributed by atoms with E-state index in [1.165, 1.54) is 23.5 Å². The van der Waals surface area contributed by atoms with E-state index in [1.54, 1.807) is 25.1 Å². The Hall–Kier alpha value is -3.10. The number of hydrogen-bond acceptors (Lipinski definition) is 6. The van der Waals surface area contributed by atoms with Gasteiger partial charge in [-0.2, -0.15) is 4.98 Å². The summed E-state index contributed by atoms with van der Waals surface area (Å²) in [4.78, 5) is 21.2. The molecule has 4 rings (SSSR count). The Labute approximate surface area is 180 Å². The largest absolute Gasteiger partial charge is 0.344 e. The van der Waals surface area contributed by atoms with Crippen molar-refractivity contribution in [2.75, 3.05) is 0 Å². The summed E-state index contributed by atoms with van der Waals surface area (Å²) in [5.41, 5.74) is 2.11. The van der Waals surface area contributed by atoms with E-state index < -0.39 is 6.04 Å². The van der Waals surface area contributed by atoms with Crippen molar-refractivity contribution < 1.29 is 13.7 Å². The van der Waals surface area contributed by atoms with E-state index in [1.807, 2.05) is 23.6 Å². The van der Waals surface area contributed by atoms with Crippen LogP contribution in [0.4, 0.5) is 4.39 Å². The molecule has 0 saturated heterocycles. The number of thiazole rings is 1. The molecule has 0 fully saturated rings. The van der Waals surface area contributed by atoms with Crippen LogP contribution in [-0.2, 0) is 11.2 Å². The Morgan fingerprint density at radius 1 is 1.20 bits per heavy atom. The number of carbonyl (C=O) groups excluding carboxylic acids is 1. The Kier molecular flexibility index (Phi) is 5.87. The van der Waals surface area contributed by atoms with Crippen molar-refractivity contribution in [3.63, 3.8) is 0 Å². The normalized spacial score (nSPS) is 12.0. The number of amides is 1. The van der Waals surface area contributed by atoms with E-state index in [9.17, 15) is 9.18 Å². The zero-order valence-electron chi connectivity index (χ0n) is 15.8. The van der Waals surface area contributed by atoms with E-state index in [0.717, 1.165) is 10.6 Å². The molecule has 1 unspecified atom stereocenters. The molecule has 1 N–H and O–H groups in total. The molecule has 0 aliphatic heterocycles. The molecule has 0 aliphatic carbocycles. The third-order valence-electron chi connectivity index (χ3n) is 4.29. The number of nitrogens with one attached hydrogen (secondary N) is 1. The SMILES string of the molecule is CC(NC(=O)Cc1csc(-c2ccccc2Cl)n1)c1nc(-c2ccc(F)cc2)no1. The number of aromatic nitrogens is 3. The van der Waals surface area contributed by atoms with Crippen LogP contribution in [0.3, 0.4) is 0 Å². The molecule has 0 aliphatic rings. The van der Waals surface area contributed by atoms with Gasteiger partial charge in [0.05, 0.1) is 17.1 Å². The van der Waals surface area contributed by atoms with E-state index in [0.29, 0.717) is 22.1 Å². The highest BCUT2D eigenvalue weighted by Gasteiger charge is 2.18. The Morgan fingerprint density at radius 2 is 1.97 bits per heavy atom. The lowest BCUT2D eigenvalue weighted by atomic mass is 10.2. The van der Waals surface area contributed by atoms with Gasteiger partial charge in [0.2, 0.25) is 17.6 Å². The minimum atomic E-state index is -0.485. The van der Waals surface area contributed by atoms with Crippen molar-refractivity contribution in [2.45, 2.75) is 19.4 Å². The molecule has 0 saturated carbocycles. The molecular formula is C21H16ClFN4O2S. The first kappa shape index (κ1) is 20.2. The first-order valence-electron chi connectivity index (χ1n) is 9.08. The van der Waals surface area contributed by atoms with Gasteiger partial charge in [-0.05, 0) is 37.3 Å². The van der Waals surface area contributed by atoms with E-state index >= 15 is 0 Å². The standard InChI is InChI=1S/C21H16ClFN4O2S/c1-12(20-26-19(27-29-20)13-6-8-14(23)9-7-13)24-18(28)10-15-11-30-21(25-15)16-4-2-3-5-17(16)22/h2-9,11-12H,10H2,1H3,(H,24,28). The van der Waals surface area contributed by atoms with Crippen LogP contribution >= 0.6 is 22.9 Å². The topological polar surface area (TPSA) is 80.9 Å². The fraction of sp³-hybridized carbons (Fsp3) is 0.143. The molecule has 2 aromatic heterocycles. The summed E-state index contributed by atoms with van der Waals surface area (Å²) in [6.07, 6.45) is 0.115. The predicted molar refractivity (Wildman–Crippen MR) is 113 cm³/mol. The smallest absolute Gasteiger partial charge is 0.249 e. The molecule has 2 aromatic carbocycles. The highest BCUT2D eigenvalue weighted by atomic mass is 35.5. The molecule has 4 aromatic rings. The maximum Gasteiger partial charge on any atom is 0.249 e. The van der Waals surface area contributed by atoms with Gasteiger partial charge in [0.1, 0.15) is 16.9 Å². The summed E-state index contributed by atoms with van der Waals surface area (Å²) in [5, 5.41) is 9.93. The van der Waals surface area contributed by atoms with E-state index in [2.05, 4.69) is 20.4 Å². The summed E-state index contributed by atoms with van der Waals surface area (Å²) in [6.45, 7) is 1.75. The van der Waals surface area contributed by atoms with Crippen LogP contribution in [0.25, 0.3) is 22.0 Å². The molecule has 2 heterocycles. The summed E-state index contributed by atoms with van der Waals surface area (Å²) in [6, 6.07) is 12.7. The van der Waals surface area contributed by atoms with Crippen molar-refractivity contribution in [3.8, 4) is 22.0 Å². The van der Waals surface area contributed by atoms with Gasteiger partial charge in [-0.3, -0.25) is 4.79 Å². The van der Waals surface area contributed by atoms with Crippen LogP contribution in [-0.4, -0.2) is 21.0 Å². The highest BCUT2D eigenvalue weighted by molar-refractivity contribution is 7.13. The van der Waals surface area contributed by atoms with E-state index in [4.69, 9.17) is 16.1 Å². The fourth-order valence-electron chi connectivity index (χ4n) is 2.79. The van der Waals surface area contributed by atoms with Crippen LogP contribution in [0.1, 0.15) is 24.6 Å². The minimum Gasteiger partial charge on any atom is -0.344 e. The second-order valence-electron chi connectivity index (χ2n) is 6.55. The van der Waals surface area contributed by atoms with Crippen LogP contribution < -0.4 is 5.32 Å². The highest BCUT2D eigenvalue weighted by Crippen LogP contribution is 2.30. The monoisotopic (exact) mass is 442 g/mol. The van der Waals surface area contributed by atoms with Crippen molar-refractivity contribution in [2.24, 2.45) is 0 Å². The molecule has 152 valence electrons. The zero-order chi connectivity index (χ0) is 21.1. The first-order chi connectivity index (χ1) is 14.5. The van der Waals surface area contributed by atoms with Crippen LogP contribution in [0.2, 0.25) is 5.02 Å². The van der Waals surface area contributed by atoms with Crippen molar-refractivity contribution in [1.29, 1.82) is 0 Å². The summed E-state index contributed by atoms with van der Waals surface area (Å²) in [5.74, 6) is 0.0237. The van der Waals surface area contributed by atoms with Crippen LogP contribution in [0.5, 0.6) is 0 Å². The van der Waals surface area contributed by atoms with Gasteiger partial charge in [-0.1, -0.05) is 35.0 Å². The number of benzene rings is 2. The second kappa shape index (κ2) is 8.73. The molecule has 30 heavy (non-hydrogen) atoms. The lowest BCUT2D eigenvalue weighted by molar-refractivity contribution is -0.121. The number of carbonyl (C=O) groups is 1. The van der Waals surface area contributed by atoms with Crippen LogP contribution in [0, 0.1) is 5.82 Å². The third-order valence-corrected chi connectivity index (χ3v) is 5.54. The number of halogens is 2. The Bertz CT molecular complexity index is 1180. The van der Waals surface area contributed by atoms with Crippen LogP contribution in [0.15, 0.2) is 58.4 Å². The van der Waals surface area contributed by atoms with Gasteiger partial charge in [0.25, 0.3) is 0 Å². The maximum absolute atomic E-state index is 13.1. The lowest BCUT2D eigenvalue weighted by Crippen LogP contribution is -2.28. The van der Waals surface area contributed by atoms with Crippen molar-refractivity contribution >= 4 is 28.8 Å². The van der Waals surface area contributed by atoms with Gasteiger partial charge in [0.15, 0.2) is 0 Å². The van der Waals surface area contributed by atoms with Crippen molar-refractivity contribution in [1.82, 2.24) is 20.4 Å². The average molecular weight is 443 g/mol. The quantitative estimate of drug-likeness (QED) is 0.450. The van der Waals surface area contributed by atoms with Crippen molar-refractivity contribution in [3.05, 3.63) is 76.3 Å². The molecule has 0 bridgehead atoms. The third kappa shape index (κ3) is 4.55. The second-order valence-corrected chi connectivity index (χ2v) is 7.82. The predicted octanol–water partition coefficient (Wildman–Crippen LogP) is 5.07. The zero-order valence-corrected chi connectivity index (χ0v) is 17.4. The number of rotatable bonds is 6. The molecular weight excluding hydrogens is 427 g/mol. The maximum atomic E-state index is 13.1. The lowest BCUT2D eigenvalue weighted by Gasteiger charge is -2.08. The molecule has 1 atom stereocenters. The fourth-order valence-corrected chi connectivity index (χ4v) is 3.93. The number of hydrogen-bond donors (Lipinski definition) is 1. The van der Waals surface area contributed by atoms with Gasteiger partial charge in [-0.15, -0.1) is 11.3 Å². The minimum absolute atomic E-state index is 0.115. The van der Waals surface area contributed by atoms with Gasteiger partial charge in [-0.25, -0.2) is 9.37 Å². The average Bonchev–Trinajstić information content (AvgIpc) is 3.39. The van der Waals surface area contributed by atoms with Gasteiger partial charge >= 0.3 is 0 Å². The van der Waals surface area contributed by atoms with Gasteiger partial charge in [0, 0.05) is 16.5 Å². The molecule has 0 spiro atoms. The van der Waals surface area contributed by atoms with Gasteiger partial charge < -0.3 is 9.84 Å². The molecule has 9 heteroatoms. The molecule has 1 amide bonds. The molecule has 6 nitrogen and oxygen atoms in total. The van der Waals surface area contributed by atoms with E-state index in [-0.39, 0.29) is 24.0 Å². The molecule has 0 radical (unpaired) electrons. The first-order valence-corrected chi connectivity index (χ1v) is 10.3. The Balaban J connectivity index is 1.39. The summed E-state index contributed by atoms with van der Waals surface area (Å²) in [7, 11) is 0. The summed E-state index contributed by atoms with van der Waals surface area (Å²) < 4.78 is 18.3. The Morgan fingerprint density at radius 3 is 2.73 bits per heavy atom.